The van der Waals surface area contributed by atoms with Crippen LogP contribution in [0.5, 0.6) is 0 Å². The molecule has 0 radical (unpaired) electrons. The average Bonchev–Trinajstić information content (AvgIpc) is 3.45. The maximum atomic E-state index is 4.80. The Bertz CT molecular complexity index is 1080. The number of H-pyrrole nitrogens is 1. The Morgan fingerprint density at radius 2 is 1.77 bits per heavy atom. The topological polar surface area (TPSA) is 85.2 Å². The fourth-order valence-corrected chi connectivity index (χ4v) is 3.56. The highest BCUT2D eigenvalue weighted by Crippen LogP contribution is 2.30. The highest BCUT2D eigenvalue weighted by atomic mass is 15.5. The summed E-state index contributed by atoms with van der Waals surface area (Å²) in [7, 11) is 0. The minimum atomic E-state index is 0.393. The van der Waals surface area contributed by atoms with Gasteiger partial charge in [0.25, 0.3) is 0 Å². The molecule has 0 saturated carbocycles. The number of benzene rings is 2. The van der Waals surface area contributed by atoms with Gasteiger partial charge in [0, 0.05) is 17.9 Å². The molecule has 0 aliphatic carbocycles. The average molecular weight is 402 g/mol. The lowest BCUT2D eigenvalue weighted by atomic mass is 9.98. The summed E-state index contributed by atoms with van der Waals surface area (Å²) in [4.78, 5) is 4.80. The SMILES string of the molecule is CCCc1nc(C(C)CC)n(Cc2ccc(-c3ccccc3-c3nn[nH]n3)cc2)n1. The van der Waals surface area contributed by atoms with Crippen molar-refractivity contribution in [3.8, 4) is 22.5 Å². The Balaban J connectivity index is 1.60. The normalized spacial score (nSPS) is 12.2. The van der Waals surface area contributed by atoms with Crippen molar-refractivity contribution in [2.45, 2.75) is 52.5 Å². The number of nitrogens with zero attached hydrogens (tertiary/aromatic N) is 6. The van der Waals surface area contributed by atoms with Crippen molar-refractivity contribution < 1.29 is 0 Å². The van der Waals surface area contributed by atoms with Crippen LogP contribution in [0.2, 0.25) is 0 Å². The first-order valence-corrected chi connectivity index (χ1v) is 10.5. The van der Waals surface area contributed by atoms with Gasteiger partial charge >= 0.3 is 0 Å². The zero-order chi connectivity index (χ0) is 20.9. The van der Waals surface area contributed by atoms with E-state index in [9.17, 15) is 0 Å². The summed E-state index contributed by atoms with van der Waals surface area (Å²) in [5.74, 6) is 3.01. The molecule has 0 amide bonds. The second-order valence-electron chi connectivity index (χ2n) is 7.58. The van der Waals surface area contributed by atoms with Gasteiger partial charge in [-0.15, -0.1) is 10.2 Å². The second-order valence-corrected chi connectivity index (χ2v) is 7.58. The molecule has 0 aliphatic rings. The van der Waals surface area contributed by atoms with Crippen molar-refractivity contribution in [2.24, 2.45) is 0 Å². The Hall–Kier alpha value is -3.35. The predicted molar refractivity (Wildman–Crippen MR) is 117 cm³/mol. The first kappa shape index (κ1) is 19.9. The van der Waals surface area contributed by atoms with Crippen molar-refractivity contribution in [2.75, 3.05) is 0 Å². The molecular formula is C23H27N7. The smallest absolute Gasteiger partial charge is 0.205 e. The molecule has 0 saturated heterocycles. The molecule has 0 fully saturated rings. The maximum absolute atomic E-state index is 4.80. The van der Waals surface area contributed by atoms with E-state index in [2.05, 4.69) is 76.4 Å². The zero-order valence-electron chi connectivity index (χ0n) is 17.7. The van der Waals surface area contributed by atoms with Gasteiger partial charge in [0.2, 0.25) is 5.82 Å². The van der Waals surface area contributed by atoms with E-state index in [1.54, 1.807) is 0 Å². The lowest BCUT2D eigenvalue weighted by molar-refractivity contribution is 0.574. The van der Waals surface area contributed by atoms with Gasteiger partial charge in [-0.3, -0.25) is 0 Å². The van der Waals surface area contributed by atoms with Crippen molar-refractivity contribution in [3.63, 3.8) is 0 Å². The van der Waals surface area contributed by atoms with Crippen molar-refractivity contribution in [3.05, 3.63) is 65.7 Å². The predicted octanol–water partition coefficient (Wildman–Crippen LogP) is 4.64. The number of aromatic amines is 1. The first-order valence-electron chi connectivity index (χ1n) is 10.5. The van der Waals surface area contributed by atoms with Crippen molar-refractivity contribution in [1.29, 1.82) is 0 Å². The highest BCUT2D eigenvalue weighted by molar-refractivity contribution is 5.80. The lowest BCUT2D eigenvalue weighted by Gasteiger charge is -2.11. The van der Waals surface area contributed by atoms with Crippen LogP contribution in [-0.2, 0) is 13.0 Å². The summed E-state index contributed by atoms with van der Waals surface area (Å²) in [6.45, 7) is 7.30. The van der Waals surface area contributed by atoms with Crippen LogP contribution in [0.3, 0.4) is 0 Å². The molecule has 1 unspecified atom stereocenters. The minimum Gasteiger partial charge on any atom is -0.245 e. The summed E-state index contributed by atoms with van der Waals surface area (Å²) in [5.41, 5.74) is 4.36. The summed E-state index contributed by atoms with van der Waals surface area (Å²) in [6.07, 6.45) is 3.02. The second kappa shape index (κ2) is 8.98. The Kier molecular flexibility index (Phi) is 5.97. The van der Waals surface area contributed by atoms with Crippen LogP contribution in [0.25, 0.3) is 22.5 Å². The number of nitrogens with one attached hydrogen (secondary N) is 1. The van der Waals surface area contributed by atoms with Gasteiger partial charge in [0.05, 0.1) is 6.54 Å². The van der Waals surface area contributed by atoms with E-state index in [0.717, 1.165) is 54.1 Å². The molecule has 0 spiro atoms. The van der Waals surface area contributed by atoms with Crippen LogP contribution < -0.4 is 0 Å². The molecule has 7 heteroatoms. The monoisotopic (exact) mass is 401 g/mol. The van der Waals surface area contributed by atoms with E-state index in [1.807, 2.05) is 18.2 Å². The third-order valence-corrected chi connectivity index (χ3v) is 5.38. The maximum Gasteiger partial charge on any atom is 0.205 e. The molecule has 0 aliphatic heterocycles. The van der Waals surface area contributed by atoms with Gasteiger partial charge in [-0.25, -0.2) is 9.67 Å². The Morgan fingerprint density at radius 3 is 2.43 bits per heavy atom. The third kappa shape index (κ3) is 4.15. The van der Waals surface area contributed by atoms with Gasteiger partial charge in [-0.2, -0.15) is 10.3 Å². The number of hydrogen-bond acceptors (Lipinski definition) is 5. The number of hydrogen-bond donors (Lipinski definition) is 1. The molecule has 4 rings (SSSR count). The first-order chi connectivity index (χ1) is 14.7. The number of rotatable bonds is 8. The number of tetrazole rings is 1. The molecule has 0 bridgehead atoms. The van der Waals surface area contributed by atoms with Crippen LogP contribution in [0, 0.1) is 0 Å². The van der Waals surface area contributed by atoms with Crippen LogP contribution >= 0.6 is 0 Å². The lowest BCUT2D eigenvalue weighted by Crippen LogP contribution is -2.09. The molecule has 154 valence electrons. The fourth-order valence-electron chi connectivity index (χ4n) is 3.56. The van der Waals surface area contributed by atoms with E-state index < -0.39 is 0 Å². The van der Waals surface area contributed by atoms with Gasteiger partial charge in [0.1, 0.15) is 5.82 Å². The van der Waals surface area contributed by atoms with Crippen LogP contribution in [0.15, 0.2) is 48.5 Å². The molecule has 2 aromatic heterocycles. The fraction of sp³-hybridized carbons (Fsp3) is 0.348. The summed E-state index contributed by atoms with van der Waals surface area (Å²) in [5, 5.41) is 19.2. The van der Waals surface area contributed by atoms with Crippen LogP contribution in [0.4, 0.5) is 0 Å². The summed E-state index contributed by atoms with van der Waals surface area (Å²) >= 11 is 0. The number of aromatic nitrogens is 7. The molecule has 2 aromatic carbocycles. The van der Waals surface area contributed by atoms with E-state index in [0.29, 0.717) is 11.7 Å². The van der Waals surface area contributed by atoms with Crippen molar-refractivity contribution in [1.82, 2.24) is 35.4 Å². The molecule has 4 aromatic rings. The third-order valence-electron chi connectivity index (χ3n) is 5.38. The van der Waals surface area contributed by atoms with Gasteiger partial charge in [-0.05, 0) is 34.7 Å². The van der Waals surface area contributed by atoms with Crippen molar-refractivity contribution >= 4 is 0 Å². The van der Waals surface area contributed by atoms with Crippen LogP contribution in [-0.4, -0.2) is 35.4 Å². The molecule has 1 N–H and O–H groups in total. The number of aryl methyl sites for hydroxylation is 1. The summed E-state index contributed by atoms with van der Waals surface area (Å²) < 4.78 is 2.07. The standard InChI is InChI=1S/C23H27N7/c1-4-8-21-24-23(16(3)5-2)30(27-21)15-17-11-13-18(14-12-17)19-9-6-7-10-20(19)22-25-28-29-26-22/h6-7,9-14,16H,4-5,8,15H2,1-3H3,(H,25,26,28,29). The Morgan fingerprint density at radius 1 is 1.00 bits per heavy atom. The summed E-state index contributed by atoms with van der Waals surface area (Å²) in [6, 6.07) is 16.7. The minimum absolute atomic E-state index is 0.393. The van der Waals surface area contributed by atoms with E-state index in [-0.39, 0.29) is 0 Å². The van der Waals surface area contributed by atoms with Gasteiger partial charge < -0.3 is 0 Å². The van der Waals surface area contributed by atoms with E-state index in [4.69, 9.17) is 10.1 Å². The quantitative estimate of drug-likeness (QED) is 0.465. The molecule has 1 atom stereocenters. The molecule has 7 nitrogen and oxygen atoms in total. The Labute approximate surface area is 176 Å². The zero-order valence-corrected chi connectivity index (χ0v) is 17.7. The largest absolute Gasteiger partial charge is 0.245 e. The molecular weight excluding hydrogens is 374 g/mol. The van der Waals surface area contributed by atoms with Gasteiger partial charge in [0.15, 0.2) is 5.82 Å². The highest BCUT2D eigenvalue weighted by Gasteiger charge is 2.16. The molecule has 2 heterocycles. The van der Waals surface area contributed by atoms with Gasteiger partial charge in [-0.1, -0.05) is 69.3 Å². The van der Waals surface area contributed by atoms with E-state index >= 15 is 0 Å². The van der Waals surface area contributed by atoms with Crippen LogP contribution in [0.1, 0.15) is 56.7 Å². The van der Waals surface area contributed by atoms with E-state index in [1.165, 1.54) is 5.56 Å². The molecule has 30 heavy (non-hydrogen) atoms.